The summed E-state index contributed by atoms with van der Waals surface area (Å²) in [5.74, 6) is 0. The van der Waals surface area contributed by atoms with E-state index < -0.39 is 18.8 Å². The SMILES string of the molecule is O=C(NC(CF)c1ccccc1)OCc1ccccc1.O=C=O. The number of ether oxygens (including phenoxy) is 1. The molecule has 0 aliphatic rings. The fraction of sp³-hybridized carbons (Fsp3) is 0.176. The number of hydrogen-bond acceptors (Lipinski definition) is 4. The van der Waals surface area contributed by atoms with Gasteiger partial charge >= 0.3 is 12.2 Å². The van der Waals surface area contributed by atoms with Crippen molar-refractivity contribution in [2.75, 3.05) is 6.67 Å². The number of alkyl carbamates (subject to hydrolysis) is 1. The summed E-state index contributed by atoms with van der Waals surface area (Å²) in [6.07, 6.45) is -0.375. The predicted molar refractivity (Wildman–Crippen MR) is 79.9 cm³/mol. The van der Waals surface area contributed by atoms with E-state index in [9.17, 15) is 9.18 Å². The van der Waals surface area contributed by atoms with E-state index in [2.05, 4.69) is 5.32 Å². The standard InChI is InChI=1S/C16H16FNO2.CO2/c17-11-15(14-9-5-2-6-10-14)18-16(19)20-12-13-7-3-1-4-8-13;2-1-3/h1-10,15H,11-12H2,(H,18,19);. The van der Waals surface area contributed by atoms with Crippen molar-refractivity contribution in [3.63, 3.8) is 0 Å². The third kappa shape index (κ3) is 7.02. The highest BCUT2D eigenvalue weighted by molar-refractivity contribution is 5.68. The topological polar surface area (TPSA) is 72.5 Å². The Bertz CT molecular complexity index is 613. The molecule has 6 heteroatoms. The molecule has 120 valence electrons. The van der Waals surface area contributed by atoms with E-state index in [0.717, 1.165) is 5.56 Å². The van der Waals surface area contributed by atoms with Crippen LogP contribution < -0.4 is 5.32 Å². The van der Waals surface area contributed by atoms with Gasteiger partial charge in [-0.3, -0.25) is 0 Å². The number of carbonyl (C=O) groups excluding carboxylic acids is 3. The molecule has 2 aromatic carbocycles. The lowest BCUT2D eigenvalue weighted by molar-refractivity contribution is -0.191. The van der Waals surface area contributed by atoms with Gasteiger partial charge in [0.05, 0.1) is 6.04 Å². The zero-order valence-corrected chi connectivity index (χ0v) is 12.3. The third-order valence-corrected chi connectivity index (χ3v) is 2.86. The number of halogens is 1. The molecule has 0 radical (unpaired) electrons. The van der Waals surface area contributed by atoms with Gasteiger partial charge < -0.3 is 10.1 Å². The first-order valence-corrected chi connectivity index (χ1v) is 6.78. The first-order chi connectivity index (χ1) is 11.2. The highest BCUT2D eigenvalue weighted by Gasteiger charge is 2.14. The highest BCUT2D eigenvalue weighted by atomic mass is 19.1. The first-order valence-electron chi connectivity index (χ1n) is 6.78. The van der Waals surface area contributed by atoms with Gasteiger partial charge in [0, 0.05) is 0 Å². The normalized spacial score (nSPS) is 10.5. The summed E-state index contributed by atoms with van der Waals surface area (Å²) in [5, 5.41) is 2.52. The van der Waals surface area contributed by atoms with Crippen LogP contribution in [0.2, 0.25) is 0 Å². The Morgan fingerprint density at radius 2 is 1.57 bits per heavy atom. The molecule has 2 aromatic rings. The molecule has 0 bridgehead atoms. The van der Waals surface area contributed by atoms with Gasteiger partial charge in [0.25, 0.3) is 0 Å². The van der Waals surface area contributed by atoms with Gasteiger partial charge in [0.2, 0.25) is 0 Å². The van der Waals surface area contributed by atoms with Crippen molar-refractivity contribution in [3.8, 4) is 0 Å². The van der Waals surface area contributed by atoms with Crippen molar-refractivity contribution in [1.82, 2.24) is 5.32 Å². The second kappa shape index (κ2) is 10.7. The molecule has 1 N–H and O–H groups in total. The van der Waals surface area contributed by atoms with Crippen LogP contribution in [0, 0.1) is 0 Å². The lowest BCUT2D eigenvalue weighted by Crippen LogP contribution is -2.30. The van der Waals surface area contributed by atoms with E-state index in [-0.39, 0.29) is 12.8 Å². The zero-order chi connectivity index (χ0) is 16.9. The maximum absolute atomic E-state index is 13.0. The average molecular weight is 317 g/mol. The van der Waals surface area contributed by atoms with Gasteiger partial charge in [-0.15, -0.1) is 0 Å². The number of hydrogen-bond donors (Lipinski definition) is 1. The Labute approximate surface area is 133 Å². The van der Waals surface area contributed by atoms with Crippen LogP contribution in [-0.2, 0) is 20.9 Å². The fourth-order valence-corrected chi connectivity index (χ4v) is 1.80. The molecular formula is C17H16FNO4. The monoisotopic (exact) mass is 317 g/mol. The van der Waals surface area contributed by atoms with Crippen LogP contribution in [0.4, 0.5) is 9.18 Å². The number of amides is 1. The van der Waals surface area contributed by atoms with Crippen molar-refractivity contribution < 1.29 is 23.5 Å². The maximum atomic E-state index is 13.0. The summed E-state index contributed by atoms with van der Waals surface area (Å²) < 4.78 is 18.1. The van der Waals surface area contributed by atoms with E-state index in [0.29, 0.717) is 5.56 Å². The van der Waals surface area contributed by atoms with Crippen LogP contribution >= 0.6 is 0 Å². The van der Waals surface area contributed by atoms with E-state index in [1.54, 1.807) is 24.3 Å². The molecule has 23 heavy (non-hydrogen) atoms. The molecular weight excluding hydrogens is 301 g/mol. The molecule has 0 aromatic heterocycles. The molecule has 0 aliphatic heterocycles. The molecule has 5 nitrogen and oxygen atoms in total. The molecule has 0 heterocycles. The fourth-order valence-electron chi connectivity index (χ4n) is 1.80. The summed E-state index contributed by atoms with van der Waals surface area (Å²) in [7, 11) is 0. The largest absolute Gasteiger partial charge is 0.445 e. The van der Waals surface area contributed by atoms with E-state index in [4.69, 9.17) is 14.3 Å². The van der Waals surface area contributed by atoms with Crippen molar-refractivity contribution in [2.45, 2.75) is 12.6 Å². The molecule has 0 saturated heterocycles. The molecule has 1 atom stereocenters. The molecule has 0 fully saturated rings. The Morgan fingerprint density at radius 1 is 1.04 bits per heavy atom. The number of benzene rings is 2. The lowest BCUT2D eigenvalue weighted by Gasteiger charge is -2.15. The Kier molecular flexibility index (Phi) is 8.41. The van der Waals surface area contributed by atoms with Crippen LogP contribution in [0.5, 0.6) is 0 Å². The zero-order valence-electron chi connectivity index (χ0n) is 12.3. The highest BCUT2D eigenvalue weighted by Crippen LogP contribution is 2.13. The minimum Gasteiger partial charge on any atom is -0.445 e. The number of nitrogens with one attached hydrogen (secondary N) is 1. The van der Waals surface area contributed by atoms with E-state index >= 15 is 0 Å². The Morgan fingerprint density at radius 3 is 2.09 bits per heavy atom. The van der Waals surface area contributed by atoms with Crippen molar-refractivity contribution in [2.24, 2.45) is 0 Å². The van der Waals surface area contributed by atoms with Crippen LogP contribution in [0.15, 0.2) is 60.7 Å². The summed E-state index contributed by atoms with van der Waals surface area (Å²) >= 11 is 0. The smallest absolute Gasteiger partial charge is 0.408 e. The van der Waals surface area contributed by atoms with Crippen molar-refractivity contribution >= 4 is 12.2 Å². The average Bonchev–Trinajstić information content (AvgIpc) is 2.60. The number of alkyl halides is 1. The predicted octanol–water partition coefficient (Wildman–Crippen LogP) is 3.04. The van der Waals surface area contributed by atoms with Crippen LogP contribution in [0.3, 0.4) is 0 Å². The minimum atomic E-state index is -0.681. The van der Waals surface area contributed by atoms with Gasteiger partial charge in [-0.25, -0.2) is 9.18 Å². The van der Waals surface area contributed by atoms with Crippen LogP contribution in [-0.4, -0.2) is 18.9 Å². The molecule has 0 spiro atoms. The van der Waals surface area contributed by atoms with Crippen molar-refractivity contribution in [1.29, 1.82) is 0 Å². The summed E-state index contributed by atoms with van der Waals surface area (Å²) in [5.41, 5.74) is 1.60. The van der Waals surface area contributed by atoms with Gasteiger partial charge in [-0.1, -0.05) is 60.7 Å². The molecule has 1 amide bonds. The summed E-state index contributed by atoms with van der Waals surface area (Å²) in [4.78, 5) is 27.9. The summed E-state index contributed by atoms with van der Waals surface area (Å²) in [6.45, 7) is -0.509. The van der Waals surface area contributed by atoms with Gasteiger partial charge in [0.15, 0.2) is 0 Å². The molecule has 1 unspecified atom stereocenters. The van der Waals surface area contributed by atoms with E-state index in [1.165, 1.54) is 0 Å². The molecule has 0 aliphatic carbocycles. The number of rotatable bonds is 5. The minimum absolute atomic E-state index is 0.167. The third-order valence-electron chi connectivity index (χ3n) is 2.86. The van der Waals surface area contributed by atoms with Crippen LogP contribution in [0.1, 0.15) is 17.2 Å². The van der Waals surface area contributed by atoms with Crippen LogP contribution in [0.25, 0.3) is 0 Å². The molecule has 2 rings (SSSR count). The van der Waals surface area contributed by atoms with Gasteiger partial charge in [-0.05, 0) is 11.1 Å². The lowest BCUT2D eigenvalue weighted by atomic mass is 10.1. The van der Waals surface area contributed by atoms with Gasteiger partial charge in [-0.2, -0.15) is 9.59 Å². The first kappa shape index (κ1) is 18.1. The Balaban J connectivity index is 0.000000816. The van der Waals surface area contributed by atoms with E-state index in [1.807, 2.05) is 36.4 Å². The molecule has 0 saturated carbocycles. The Hall–Kier alpha value is -2.98. The summed E-state index contributed by atoms with van der Waals surface area (Å²) in [6, 6.07) is 17.6. The maximum Gasteiger partial charge on any atom is 0.408 e. The van der Waals surface area contributed by atoms with Gasteiger partial charge in [0.1, 0.15) is 13.3 Å². The van der Waals surface area contributed by atoms with Crippen molar-refractivity contribution in [3.05, 3.63) is 71.8 Å². The quantitative estimate of drug-likeness (QED) is 0.920. The number of carbonyl (C=O) groups is 1. The second-order valence-electron chi connectivity index (χ2n) is 4.41. The second-order valence-corrected chi connectivity index (χ2v) is 4.41.